The molecular weight excluding hydrogens is 269 g/mol. The molecule has 0 spiro atoms. The largest absolute Gasteiger partial charge is 0.349 e. The molecule has 1 aliphatic heterocycles. The predicted molar refractivity (Wildman–Crippen MR) is 69.0 cm³/mol. The van der Waals surface area contributed by atoms with Crippen LogP contribution in [0, 0.1) is 5.82 Å². The van der Waals surface area contributed by atoms with Crippen LogP contribution in [0.2, 0.25) is 0 Å². The third-order valence-corrected chi connectivity index (χ3v) is 3.59. The maximum atomic E-state index is 14.2. The van der Waals surface area contributed by atoms with E-state index < -0.39 is 23.2 Å². The van der Waals surface area contributed by atoms with Gasteiger partial charge >= 0.3 is 5.92 Å². The summed E-state index contributed by atoms with van der Waals surface area (Å²) in [5.74, 6) is -5.45. The third-order valence-electron chi connectivity index (χ3n) is 3.59. The standard InChI is InChI=1S/C14H17F3N2O/c1-18-12-3-2-8-19(9-12)13(20)14(16,17)10-4-6-11(15)7-5-10/h4-7,12,18H,2-3,8-9H2,1H3. The van der Waals surface area contributed by atoms with Crippen molar-refractivity contribution in [2.45, 2.75) is 24.8 Å². The van der Waals surface area contributed by atoms with Gasteiger partial charge in [-0.25, -0.2) is 4.39 Å². The molecule has 1 aromatic rings. The molecule has 1 amide bonds. The quantitative estimate of drug-likeness (QED) is 0.923. The zero-order chi connectivity index (χ0) is 14.8. The van der Waals surface area contributed by atoms with Gasteiger partial charge in [-0.1, -0.05) is 0 Å². The summed E-state index contributed by atoms with van der Waals surface area (Å²) in [4.78, 5) is 13.2. The Morgan fingerprint density at radius 1 is 1.35 bits per heavy atom. The van der Waals surface area contributed by atoms with Crippen molar-refractivity contribution in [1.82, 2.24) is 10.2 Å². The van der Waals surface area contributed by atoms with Crippen LogP contribution in [0.5, 0.6) is 0 Å². The summed E-state index contributed by atoms with van der Waals surface area (Å²) < 4.78 is 41.1. The van der Waals surface area contributed by atoms with E-state index in [0.717, 1.165) is 30.7 Å². The van der Waals surface area contributed by atoms with Crippen LogP contribution in [0.15, 0.2) is 24.3 Å². The molecule has 1 unspecified atom stereocenters. The fraction of sp³-hybridized carbons (Fsp3) is 0.500. The first kappa shape index (κ1) is 14.8. The number of rotatable bonds is 3. The van der Waals surface area contributed by atoms with Crippen molar-refractivity contribution in [2.24, 2.45) is 0 Å². The number of nitrogens with zero attached hydrogens (tertiary/aromatic N) is 1. The number of hydrogen-bond donors (Lipinski definition) is 1. The van der Waals surface area contributed by atoms with E-state index in [1.807, 2.05) is 0 Å². The van der Waals surface area contributed by atoms with Gasteiger partial charge in [-0.05, 0) is 44.2 Å². The minimum absolute atomic E-state index is 0.0386. The van der Waals surface area contributed by atoms with Crippen molar-refractivity contribution in [3.8, 4) is 0 Å². The maximum Gasteiger partial charge on any atom is 0.349 e. The lowest BCUT2D eigenvalue weighted by Crippen LogP contribution is -2.51. The van der Waals surface area contributed by atoms with Crippen molar-refractivity contribution < 1.29 is 18.0 Å². The van der Waals surface area contributed by atoms with Gasteiger partial charge in [0, 0.05) is 24.7 Å². The van der Waals surface area contributed by atoms with Crippen LogP contribution in [0.1, 0.15) is 18.4 Å². The average molecular weight is 286 g/mol. The molecule has 20 heavy (non-hydrogen) atoms. The Bertz CT molecular complexity index is 476. The number of benzene rings is 1. The molecule has 0 aliphatic carbocycles. The van der Waals surface area contributed by atoms with Crippen molar-refractivity contribution in [2.75, 3.05) is 20.1 Å². The summed E-state index contributed by atoms with van der Waals surface area (Å²) >= 11 is 0. The molecule has 1 aromatic carbocycles. The molecule has 2 rings (SSSR count). The number of nitrogens with one attached hydrogen (secondary N) is 1. The highest BCUT2D eigenvalue weighted by Gasteiger charge is 2.44. The zero-order valence-electron chi connectivity index (χ0n) is 11.2. The Kier molecular flexibility index (Phi) is 4.32. The second kappa shape index (κ2) is 5.83. The van der Waals surface area contributed by atoms with Gasteiger partial charge in [-0.15, -0.1) is 0 Å². The molecule has 0 radical (unpaired) electrons. The van der Waals surface area contributed by atoms with E-state index in [4.69, 9.17) is 0 Å². The van der Waals surface area contributed by atoms with Crippen LogP contribution >= 0.6 is 0 Å². The summed E-state index contributed by atoms with van der Waals surface area (Å²) in [7, 11) is 1.75. The molecular formula is C14H17F3N2O. The second-order valence-electron chi connectivity index (χ2n) is 4.96. The van der Waals surface area contributed by atoms with Gasteiger partial charge in [-0.2, -0.15) is 8.78 Å². The van der Waals surface area contributed by atoms with E-state index in [2.05, 4.69) is 5.32 Å². The van der Waals surface area contributed by atoms with Gasteiger partial charge in [0.1, 0.15) is 5.82 Å². The summed E-state index contributed by atoms with van der Waals surface area (Å²) in [5.41, 5.74) is -0.476. The molecule has 1 saturated heterocycles. The number of alkyl halides is 2. The molecule has 0 saturated carbocycles. The number of hydrogen-bond acceptors (Lipinski definition) is 2. The molecule has 3 nitrogen and oxygen atoms in total. The topological polar surface area (TPSA) is 32.3 Å². The number of likely N-dealkylation sites (tertiary alicyclic amines) is 1. The van der Waals surface area contributed by atoms with Gasteiger partial charge in [0.05, 0.1) is 0 Å². The van der Waals surface area contributed by atoms with E-state index in [0.29, 0.717) is 13.0 Å². The Hall–Kier alpha value is -1.56. The van der Waals surface area contributed by atoms with Crippen LogP contribution in [0.25, 0.3) is 0 Å². The number of halogens is 3. The SMILES string of the molecule is CNC1CCCN(C(=O)C(F)(F)c2ccc(F)cc2)C1. The minimum Gasteiger partial charge on any atom is -0.336 e. The maximum absolute atomic E-state index is 14.2. The lowest BCUT2D eigenvalue weighted by molar-refractivity contribution is -0.160. The number of carbonyl (C=O) groups excluding carboxylic acids is 1. The number of piperidine rings is 1. The first-order valence-corrected chi connectivity index (χ1v) is 6.55. The van der Waals surface area contributed by atoms with Gasteiger partial charge in [0.2, 0.25) is 0 Å². The smallest absolute Gasteiger partial charge is 0.336 e. The van der Waals surface area contributed by atoms with Crippen LogP contribution in [0.3, 0.4) is 0 Å². The molecule has 1 fully saturated rings. The van der Waals surface area contributed by atoms with E-state index in [-0.39, 0.29) is 12.6 Å². The van der Waals surface area contributed by atoms with E-state index >= 15 is 0 Å². The van der Waals surface area contributed by atoms with Crippen LogP contribution in [-0.2, 0) is 10.7 Å². The molecule has 1 aliphatic rings. The van der Waals surface area contributed by atoms with Crippen molar-refractivity contribution >= 4 is 5.91 Å². The molecule has 6 heteroatoms. The zero-order valence-corrected chi connectivity index (χ0v) is 11.2. The van der Waals surface area contributed by atoms with Gasteiger partial charge in [0.25, 0.3) is 5.91 Å². The molecule has 0 bridgehead atoms. The summed E-state index contributed by atoms with van der Waals surface area (Å²) in [6, 6.07) is 3.81. The Morgan fingerprint density at radius 3 is 2.60 bits per heavy atom. The number of carbonyl (C=O) groups is 1. The van der Waals surface area contributed by atoms with Gasteiger partial charge in [0.15, 0.2) is 0 Å². The Labute approximate surface area is 115 Å². The van der Waals surface area contributed by atoms with Crippen LogP contribution < -0.4 is 5.32 Å². The van der Waals surface area contributed by atoms with Crippen LogP contribution in [0.4, 0.5) is 13.2 Å². The Morgan fingerprint density at radius 2 is 2.00 bits per heavy atom. The second-order valence-corrected chi connectivity index (χ2v) is 4.96. The molecule has 1 heterocycles. The normalized spacial score (nSPS) is 20.0. The number of likely N-dealkylation sites (N-methyl/N-ethyl adjacent to an activating group) is 1. The minimum atomic E-state index is -3.62. The first-order chi connectivity index (χ1) is 9.45. The highest BCUT2D eigenvalue weighted by Crippen LogP contribution is 2.31. The fourth-order valence-corrected chi connectivity index (χ4v) is 2.38. The van der Waals surface area contributed by atoms with E-state index in [9.17, 15) is 18.0 Å². The first-order valence-electron chi connectivity index (χ1n) is 6.55. The third kappa shape index (κ3) is 2.95. The average Bonchev–Trinajstić information content (AvgIpc) is 2.47. The lowest BCUT2D eigenvalue weighted by atomic mass is 10.0. The highest BCUT2D eigenvalue weighted by molar-refractivity contribution is 5.85. The van der Waals surface area contributed by atoms with Gasteiger partial charge < -0.3 is 10.2 Å². The Balaban J connectivity index is 2.16. The van der Waals surface area contributed by atoms with Crippen molar-refractivity contribution in [1.29, 1.82) is 0 Å². The number of amides is 1. The molecule has 110 valence electrons. The summed E-state index contributed by atoms with van der Waals surface area (Å²) in [5, 5.41) is 3.00. The van der Waals surface area contributed by atoms with E-state index in [1.54, 1.807) is 7.05 Å². The summed E-state index contributed by atoms with van der Waals surface area (Å²) in [6.07, 6.45) is 1.55. The molecule has 0 aromatic heterocycles. The predicted octanol–water partition coefficient (Wildman–Crippen LogP) is 2.13. The fourth-order valence-electron chi connectivity index (χ4n) is 2.38. The van der Waals surface area contributed by atoms with Crippen molar-refractivity contribution in [3.63, 3.8) is 0 Å². The van der Waals surface area contributed by atoms with Crippen LogP contribution in [-0.4, -0.2) is 37.0 Å². The van der Waals surface area contributed by atoms with Crippen molar-refractivity contribution in [3.05, 3.63) is 35.6 Å². The van der Waals surface area contributed by atoms with Gasteiger partial charge in [-0.3, -0.25) is 4.79 Å². The highest BCUT2D eigenvalue weighted by atomic mass is 19.3. The summed E-state index contributed by atoms with van der Waals surface area (Å²) in [6.45, 7) is 0.597. The molecule has 1 atom stereocenters. The van der Waals surface area contributed by atoms with E-state index in [1.165, 1.54) is 4.90 Å². The lowest BCUT2D eigenvalue weighted by Gasteiger charge is -2.34. The molecule has 1 N–H and O–H groups in total. The monoisotopic (exact) mass is 286 g/mol.